The Labute approximate surface area is 101 Å². The van der Waals surface area contributed by atoms with Crippen molar-refractivity contribution in [2.75, 3.05) is 13.2 Å². The average molecular weight is 237 g/mol. The zero-order chi connectivity index (χ0) is 12.4. The number of phenolic OH excluding ortho intramolecular Hbond substituents is 1. The van der Waals surface area contributed by atoms with Crippen molar-refractivity contribution in [3.63, 3.8) is 0 Å². The molecule has 1 unspecified atom stereocenters. The number of rotatable bonds is 4. The number of nitrogens with one attached hydrogen (secondary N) is 1. The Kier molecular flexibility index (Phi) is 3.54. The summed E-state index contributed by atoms with van der Waals surface area (Å²) >= 11 is 0. The summed E-state index contributed by atoms with van der Waals surface area (Å²) in [4.78, 5) is 0. The second kappa shape index (κ2) is 4.94. The summed E-state index contributed by atoms with van der Waals surface area (Å²) in [7, 11) is 0. The molecule has 94 valence electrons. The molecule has 0 saturated carbocycles. The molecule has 1 aromatic rings. The van der Waals surface area contributed by atoms with E-state index in [2.05, 4.69) is 19.2 Å². The summed E-state index contributed by atoms with van der Waals surface area (Å²) in [5, 5.41) is 22.0. The van der Waals surface area contributed by atoms with Gasteiger partial charge in [-0.05, 0) is 18.1 Å². The van der Waals surface area contributed by atoms with E-state index >= 15 is 0 Å². The monoisotopic (exact) mass is 237 g/mol. The van der Waals surface area contributed by atoms with Crippen LogP contribution in [0, 0.1) is 5.92 Å². The van der Waals surface area contributed by atoms with Gasteiger partial charge in [0.25, 0.3) is 0 Å². The molecule has 4 heteroatoms. The maximum absolute atomic E-state index is 9.36. The predicted octanol–water partition coefficient (Wildman–Crippen LogP) is 1.43. The van der Waals surface area contributed by atoms with Gasteiger partial charge in [-0.1, -0.05) is 13.8 Å². The fourth-order valence-electron chi connectivity index (χ4n) is 2.05. The molecule has 1 heterocycles. The highest BCUT2D eigenvalue weighted by Crippen LogP contribution is 2.35. The van der Waals surface area contributed by atoms with Crippen LogP contribution in [-0.2, 0) is 0 Å². The molecule has 0 radical (unpaired) electrons. The molecule has 0 amide bonds. The number of fused-ring (bicyclic) bond motifs is 1. The van der Waals surface area contributed by atoms with Crippen molar-refractivity contribution >= 4 is 0 Å². The van der Waals surface area contributed by atoms with E-state index in [1.54, 1.807) is 12.1 Å². The maximum Gasteiger partial charge on any atom is 0.127 e. The molecule has 1 aliphatic heterocycles. The highest BCUT2D eigenvalue weighted by atomic mass is 16.5. The molecule has 0 spiro atoms. The fraction of sp³-hybridized carbons (Fsp3) is 0.538. The lowest BCUT2D eigenvalue weighted by Crippen LogP contribution is -2.40. The average Bonchev–Trinajstić information content (AvgIpc) is 2.67. The molecule has 0 aliphatic carbocycles. The standard InChI is InChI=1S/C13H19NO3/c1-8(2)11(6-15)14-12-7-17-13-5-9(16)3-4-10(12)13/h3-5,8,11-12,14-16H,6-7H2,1-2H3/t11-,12?/m1/s1. The third-order valence-electron chi connectivity index (χ3n) is 3.19. The number of aliphatic hydroxyl groups excluding tert-OH is 1. The lowest BCUT2D eigenvalue weighted by Gasteiger charge is -2.23. The number of ether oxygens (including phenoxy) is 1. The zero-order valence-corrected chi connectivity index (χ0v) is 10.2. The zero-order valence-electron chi connectivity index (χ0n) is 10.2. The highest BCUT2D eigenvalue weighted by Gasteiger charge is 2.27. The van der Waals surface area contributed by atoms with Crippen molar-refractivity contribution in [2.45, 2.75) is 25.9 Å². The van der Waals surface area contributed by atoms with Crippen molar-refractivity contribution in [3.8, 4) is 11.5 Å². The molecule has 3 N–H and O–H groups in total. The van der Waals surface area contributed by atoms with Crippen LogP contribution in [-0.4, -0.2) is 29.5 Å². The third kappa shape index (κ3) is 2.53. The van der Waals surface area contributed by atoms with Gasteiger partial charge >= 0.3 is 0 Å². The first-order chi connectivity index (χ1) is 8.11. The molecule has 0 saturated heterocycles. The van der Waals surface area contributed by atoms with Crippen LogP contribution in [0.2, 0.25) is 0 Å². The van der Waals surface area contributed by atoms with Gasteiger partial charge in [-0.25, -0.2) is 0 Å². The van der Waals surface area contributed by atoms with E-state index in [0.717, 1.165) is 11.3 Å². The van der Waals surface area contributed by atoms with Crippen molar-refractivity contribution in [2.24, 2.45) is 5.92 Å². The topological polar surface area (TPSA) is 61.7 Å². The van der Waals surface area contributed by atoms with E-state index in [1.165, 1.54) is 0 Å². The second-order valence-electron chi connectivity index (χ2n) is 4.79. The molecule has 4 nitrogen and oxygen atoms in total. The highest BCUT2D eigenvalue weighted by molar-refractivity contribution is 5.44. The van der Waals surface area contributed by atoms with Gasteiger partial charge in [-0.2, -0.15) is 0 Å². The first kappa shape index (κ1) is 12.2. The van der Waals surface area contributed by atoms with Gasteiger partial charge in [0.15, 0.2) is 0 Å². The smallest absolute Gasteiger partial charge is 0.127 e. The minimum atomic E-state index is 0.0587. The molecular weight excluding hydrogens is 218 g/mol. The molecule has 0 aromatic heterocycles. The fourth-order valence-corrected chi connectivity index (χ4v) is 2.05. The molecule has 1 aliphatic rings. The molecule has 2 rings (SSSR count). The minimum absolute atomic E-state index is 0.0587. The maximum atomic E-state index is 9.36. The minimum Gasteiger partial charge on any atom is -0.508 e. The Balaban J connectivity index is 2.11. The summed E-state index contributed by atoms with van der Waals surface area (Å²) in [6.07, 6.45) is 0. The van der Waals surface area contributed by atoms with E-state index in [1.807, 2.05) is 6.07 Å². The van der Waals surface area contributed by atoms with E-state index in [9.17, 15) is 10.2 Å². The number of aromatic hydroxyl groups is 1. The van der Waals surface area contributed by atoms with E-state index in [0.29, 0.717) is 12.5 Å². The summed E-state index contributed by atoms with van der Waals surface area (Å²) < 4.78 is 5.51. The Hall–Kier alpha value is -1.26. The summed E-state index contributed by atoms with van der Waals surface area (Å²) in [6, 6.07) is 5.30. The van der Waals surface area contributed by atoms with Crippen LogP contribution in [0.3, 0.4) is 0 Å². The Morgan fingerprint density at radius 1 is 1.47 bits per heavy atom. The summed E-state index contributed by atoms with van der Waals surface area (Å²) in [5.74, 6) is 1.30. The molecule has 2 atom stereocenters. The van der Waals surface area contributed by atoms with E-state index in [-0.39, 0.29) is 24.4 Å². The van der Waals surface area contributed by atoms with Gasteiger partial charge in [-0.3, -0.25) is 0 Å². The van der Waals surface area contributed by atoms with Gasteiger partial charge in [0, 0.05) is 17.7 Å². The van der Waals surface area contributed by atoms with Crippen molar-refractivity contribution in [1.29, 1.82) is 0 Å². The van der Waals surface area contributed by atoms with Crippen LogP contribution in [0.1, 0.15) is 25.5 Å². The summed E-state index contributed by atoms with van der Waals surface area (Å²) in [5.41, 5.74) is 1.04. The number of hydrogen-bond acceptors (Lipinski definition) is 4. The molecular formula is C13H19NO3. The SMILES string of the molecule is CC(C)[C@@H](CO)NC1COc2cc(O)ccc21. The second-order valence-corrected chi connectivity index (χ2v) is 4.79. The predicted molar refractivity (Wildman–Crippen MR) is 65.2 cm³/mol. The van der Waals surface area contributed by atoms with Gasteiger partial charge in [0.2, 0.25) is 0 Å². The van der Waals surface area contributed by atoms with E-state index in [4.69, 9.17) is 4.74 Å². The molecule has 1 aromatic carbocycles. The van der Waals surface area contributed by atoms with Gasteiger partial charge < -0.3 is 20.3 Å². The Morgan fingerprint density at radius 2 is 2.24 bits per heavy atom. The third-order valence-corrected chi connectivity index (χ3v) is 3.19. The number of aliphatic hydroxyl groups is 1. The van der Waals surface area contributed by atoms with Crippen LogP contribution in [0.5, 0.6) is 11.5 Å². The van der Waals surface area contributed by atoms with Crippen LogP contribution in [0.4, 0.5) is 0 Å². The molecule has 17 heavy (non-hydrogen) atoms. The largest absolute Gasteiger partial charge is 0.508 e. The normalized spacial score (nSPS) is 20.1. The number of hydrogen-bond donors (Lipinski definition) is 3. The Morgan fingerprint density at radius 3 is 2.88 bits per heavy atom. The van der Waals surface area contributed by atoms with Crippen molar-refractivity contribution in [1.82, 2.24) is 5.32 Å². The quantitative estimate of drug-likeness (QED) is 0.741. The van der Waals surface area contributed by atoms with Crippen LogP contribution in [0.25, 0.3) is 0 Å². The first-order valence-electron chi connectivity index (χ1n) is 5.94. The van der Waals surface area contributed by atoms with E-state index < -0.39 is 0 Å². The first-order valence-corrected chi connectivity index (χ1v) is 5.94. The van der Waals surface area contributed by atoms with Crippen LogP contribution >= 0.6 is 0 Å². The van der Waals surface area contributed by atoms with Crippen LogP contribution < -0.4 is 10.1 Å². The van der Waals surface area contributed by atoms with Crippen LogP contribution in [0.15, 0.2) is 18.2 Å². The van der Waals surface area contributed by atoms with Crippen molar-refractivity contribution in [3.05, 3.63) is 23.8 Å². The van der Waals surface area contributed by atoms with Gasteiger partial charge in [0.05, 0.1) is 12.6 Å². The van der Waals surface area contributed by atoms with Crippen molar-refractivity contribution < 1.29 is 14.9 Å². The number of benzene rings is 1. The number of phenols is 1. The summed E-state index contributed by atoms with van der Waals surface area (Å²) in [6.45, 7) is 4.80. The lowest BCUT2D eigenvalue weighted by molar-refractivity contribution is 0.189. The van der Waals surface area contributed by atoms with Gasteiger partial charge in [0.1, 0.15) is 18.1 Å². The van der Waals surface area contributed by atoms with Gasteiger partial charge in [-0.15, -0.1) is 0 Å². The molecule has 0 bridgehead atoms. The molecule has 0 fully saturated rings. The Bertz CT molecular complexity index is 392. The lowest BCUT2D eigenvalue weighted by atomic mass is 10.0.